The van der Waals surface area contributed by atoms with Crippen LogP contribution in [0.25, 0.3) is 0 Å². The SMILES string of the molecule is CCC12CC3CC(C1)C(O)C(O)(C3)C2. The van der Waals surface area contributed by atoms with Crippen LogP contribution in [-0.2, 0) is 0 Å². The summed E-state index contributed by atoms with van der Waals surface area (Å²) in [4.78, 5) is 0. The van der Waals surface area contributed by atoms with Crippen molar-refractivity contribution in [3.8, 4) is 0 Å². The molecule has 2 heteroatoms. The van der Waals surface area contributed by atoms with Crippen LogP contribution in [0.3, 0.4) is 0 Å². The number of rotatable bonds is 1. The fraction of sp³-hybridized carbons (Fsp3) is 1.00. The van der Waals surface area contributed by atoms with E-state index in [4.69, 9.17) is 0 Å². The van der Waals surface area contributed by atoms with E-state index in [1.807, 2.05) is 0 Å². The summed E-state index contributed by atoms with van der Waals surface area (Å²) in [7, 11) is 0. The number of aliphatic hydroxyl groups excluding tert-OH is 1. The predicted molar refractivity (Wildman–Crippen MR) is 53.7 cm³/mol. The minimum Gasteiger partial charge on any atom is -0.390 e. The molecule has 0 aromatic heterocycles. The van der Waals surface area contributed by atoms with Crippen molar-refractivity contribution in [2.75, 3.05) is 0 Å². The van der Waals surface area contributed by atoms with Gasteiger partial charge in [-0.25, -0.2) is 0 Å². The summed E-state index contributed by atoms with van der Waals surface area (Å²) >= 11 is 0. The van der Waals surface area contributed by atoms with Gasteiger partial charge in [-0.3, -0.25) is 0 Å². The fourth-order valence-corrected chi connectivity index (χ4v) is 4.69. The van der Waals surface area contributed by atoms with E-state index in [2.05, 4.69) is 6.92 Å². The Kier molecular flexibility index (Phi) is 1.66. The third-order valence-corrected chi connectivity index (χ3v) is 5.12. The summed E-state index contributed by atoms with van der Waals surface area (Å²) in [5.41, 5.74) is -0.347. The molecule has 0 saturated heterocycles. The highest BCUT2D eigenvalue weighted by Crippen LogP contribution is 2.62. The first-order valence-electron chi connectivity index (χ1n) is 5.97. The van der Waals surface area contributed by atoms with Gasteiger partial charge in [0, 0.05) is 0 Å². The van der Waals surface area contributed by atoms with Gasteiger partial charge in [0.25, 0.3) is 0 Å². The number of hydrogen-bond donors (Lipinski definition) is 2. The Labute approximate surface area is 85.3 Å². The zero-order valence-electron chi connectivity index (χ0n) is 8.87. The summed E-state index contributed by atoms with van der Waals surface area (Å²) in [5, 5.41) is 20.5. The zero-order valence-corrected chi connectivity index (χ0v) is 8.87. The number of hydrogen-bond acceptors (Lipinski definition) is 2. The lowest BCUT2D eigenvalue weighted by atomic mass is 9.46. The van der Waals surface area contributed by atoms with Crippen molar-refractivity contribution in [3.05, 3.63) is 0 Å². The summed E-state index contributed by atoms with van der Waals surface area (Å²) in [6.07, 6.45) is 6.06. The molecule has 14 heavy (non-hydrogen) atoms. The van der Waals surface area contributed by atoms with Crippen molar-refractivity contribution in [3.63, 3.8) is 0 Å². The van der Waals surface area contributed by atoms with E-state index < -0.39 is 11.7 Å². The summed E-state index contributed by atoms with van der Waals surface area (Å²) in [6.45, 7) is 2.24. The first-order chi connectivity index (χ1) is 6.57. The highest BCUT2D eigenvalue weighted by atomic mass is 16.3. The van der Waals surface area contributed by atoms with Gasteiger partial charge in [-0.2, -0.15) is 0 Å². The summed E-state index contributed by atoms with van der Waals surface area (Å²) < 4.78 is 0. The molecule has 0 spiro atoms. The Morgan fingerprint density at radius 3 is 2.71 bits per heavy atom. The van der Waals surface area contributed by atoms with Gasteiger partial charge < -0.3 is 10.2 Å². The van der Waals surface area contributed by atoms with Crippen LogP contribution >= 0.6 is 0 Å². The second kappa shape index (κ2) is 2.53. The van der Waals surface area contributed by atoms with E-state index in [9.17, 15) is 10.2 Å². The molecule has 2 nitrogen and oxygen atoms in total. The molecule has 4 rings (SSSR count). The van der Waals surface area contributed by atoms with Gasteiger partial charge >= 0.3 is 0 Å². The minimum atomic E-state index is -0.722. The van der Waals surface area contributed by atoms with E-state index >= 15 is 0 Å². The monoisotopic (exact) mass is 196 g/mol. The normalized spacial score (nSPS) is 60.6. The average Bonchev–Trinajstić information content (AvgIpc) is 2.12. The topological polar surface area (TPSA) is 40.5 Å². The molecule has 4 aliphatic rings. The summed E-state index contributed by atoms with van der Waals surface area (Å²) in [5.74, 6) is 1.08. The Hall–Kier alpha value is -0.0800. The summed E-state index contributed by atoms with van der Waals surface area (Å²) in [6, 6.07) is 0. The predicted octanol–water partition coefficient (Wildman–Crippen LogP) is 1.70. The Morgan fingerprint density at radius 1 is 1.29 bits per heavy atom. The van der Waals surface area contributed by atoms with Crippen LogP contribution in [0.5, 0.6) is 0 Å². The van der Waals surface area contributed by atoms with Crippen molar-refractivity contribution in [1.82, 2.24) is 0 Å². The van der Waals surface area contributed by atoms with Crippen molar-refractivity contribution >= 4 is 0 Å². The third kappa shape index (κ3) is 0.989. The zero-order chi connectivity index (χ0) is 9.97. The molecule has 4 aliphatic carbocycles. The molecule has 5 unspecified atom stereocenters. The standard InChI is InChI=1S/C12H20O2/c1-2-11-4-8-3-9(6-11)10(13)12(14,5-8)7-11/h8-10,13-14H,2-7H2,1H3. The lowest BCUT2D eigenvalue weighted by Gasteiger charge is -2.62. The molecule has 80 valence electrons. The maximum atomic E-state index is 10.4. The van der Waals surface area contributed by atoms with Crippen molar-refractivity contribution in [1.29, 1.82) is 0 Å². The van der Waals surface area contributed by atoms with E-state index in [-0.39, 0.29) is 0 Å². The molecule has 0 radical (unpaired) electrons. The van der Waals surface area contributed by atoms with Crippen molar-refractivity contribution in [2.24, 2.45) is 17.3 Å². The van der Waals surface area contributed by atoms with Crippen molar-refractivity contribution < 1.29 is 10.2 Å². The van der Waals surface area contributed by atoms with Gasteiger partial charge in [0.15, 0.2) is 0 Å². The molecule has 5 atom stereocenters. The maximum Gasteiger partial charge on any atom is 0.0916 e. The van der Waals surface area contributed by atoms with Crippen LogP contribution in [0.15, 0.2) is 0 Å². The highest BCUT2D eigenvalue weighted by molar-refractivity contribution is 5.12. The van der Waals surface area contributed by atoms with Crippen LogP contribution in [0, 0.1) is 17.3 Å². The van der Waals surface area contributed by atoms with Crippen molar-refractivity contribution in [2.45, 2.75) is 57.2 Å². The highest BCUT2D eigenvalue weighted by Gasteiger charge is 2.60. The van der Waals surface area contributed by atoms with E-state index in [0.29, 0.717) is 17.3 Å². The molecule has 0 amide bonds. The molecule has 0 heterocycles. The van der Waals surface area contributed by atoms with Crippen LogP contribution in [0.2, 0.25) is 0 Å². The molecule has 0 aromatic rings. The molecular weight excluding hydrogens is 176 g/mol. The molecule has 0 aromatic carbocycles. The second-order valence-corrected chi connectivity index (χ2v) is 6.05. The van der Waals surface area contributed by atoms with E-state index in [1.54, 1.807) is 0 Å². The quantitative estimate of drug-likeness (QED) is 0.670. The molecule has 0 aliphatic heterocycles. The molecule has 4 bridgehead atoms. The first kappa shape index (κ1) is 9.17. The fourth-order valence-electron chi connectivity index (χ4n) is 4.69. The first-order valence-corrected chi connectivity index (χ1v) is 5.97. The largest absolute Gasteiger partial charge is 0.390 e. The van der Waals surface area contributed by atoms with Crippen LogP contribution in [-0.4, -0.2) is 21.9 Å². The average molecular weight is 196 g/mol. The second-order valence-electron chi connectivity index (χ2n) is 6.05. The maximum absolute atomic E-state index is 10.4. The molecule has 4 fully saturated rings. The third-order valence-electron chi connectivity index (χ3n) is 5.12. The van der Waals surface area contributed by atoms with Gasteiger partial charge in [0.1, 0.15) is 0 Å². The van der Waals surface area contributed by atoms with Gasteiger partial charge in [-0.15, -0.1) is 0 Å². The van der Waals surface area contributed by atoms with E-state index in [0.717, 1.165) is 25.7 Å². The Bertz CT molecular complexity index is 259. The van der Waals surface area contributed by atoms with E-state index in [1.165, 1.54) is 12.8 Å². The van der Waals surface area contributed by atoms with Crippen LogP contribution in [0.1, 0.15) is 45.4 Å². The molecule has 2 N–H and O–H groups in total. The molecule has 4 saturated carbocycles. The van der Waals surface area contributed by atoms with Crippen LogP contribution < -0.4 is 0 Å². The number of aliphatic hydroxyl groups is 2. The Balaban J connectivity index is 1.98. The van der Waals surface area contributed by atoms with Crippen LogP contribution in [0.4, 0.5) is 0 Å². The van der Waals surface area contributed by atoms with Gasteiger partial charge in [-0.1, -0.05) is 13.3 Å². The van der Waals surface area contributed by atoms with Gasteiger partial charge in [0.05, 0.1) is 11.7 Å². The Morgan fingerprint density at radius 2 is 2.07 bits per heavy atom. The minimum absolute atomic E-state index is 0.375. The lowest BCUT2D eigenvalue weighted by Crippen LogP contribution is -2.63. The van der Waals surface area contributed by atoms with Gasteiger partial charge in [-0.05, 0) is 49.4 Å². The lowest BCUT2D eigenvalue weighted by molar-refractivity contribution is -0.231. The molecular formula is C12H20O2. The smallest absolute Gasteiger partial charge is 0.0916 e. The van der Waals surface area contributed by atoms with Gasteiger partial charge in [0.2, 0.25) is 0 Å².